The fourth-order valence-electron chi connectivity index (χ4n) is 0.516. The zero-order valence-corrected chi connectivity index (χ0v) is 6.87. The van der Waals surface area contributed by atoms with Crippen molar-refractivity contribution in [3.8, 4) is 0 Å². The molecule has 0 saturated heterocycles. The van der Waals surface area contributed by atoms with Crippen molar-refractivity contribution in [2.75, 3.05) is 20.2 Å². The van der Waals surface area contributed by atoms with Gasteiger partial charge in [-0.15, -0.1) is 0 Å². The van der Waals surface area contributed by atoms with E-state index in [9.17, 15) is 4.79 Å². The average molecular weight is 158 g/mol. The molecule has 0 aliphatic carbocycles. The van der Waals surface area contributed by atoms with Crippen molar-refractivity contribution in [2.45, 2.75) is 6.92 Å². The van der Waals surface area contributed by atoms with Gasteiger partial charge in [-0.3, -0.25) is 0 Å². The first-order chi connectivity index (χ1) is 5.22. The number of rotatable bonds is 3. The Bertz CT molecular complexity index is 145. The van der Waals surface area contributed by atoms with E-state index >= 15 is 0 Å². The van der Waals surface area contributed by atoms with Gasteiger partial charge in [0.05, 0.1) is 6.61 Å². The van der Waals surface area contributed by atoms with Crippen LogP contribution in [0.2, 0.25) is 0 Å². The van der Waals surface area contributed by atoms with Crippen molar-refractivity contribution in [3.63, 3.8) is 0 Å². The van der Waals surface area contributed by atoms with Crippen LogP contribution in [0.5, 0.6) is 0 Å². The zero-order chi connectivity index (χ0) is 8.69. The molecule has 11 heavy (non-hydrogen) atoms. The molecule has 64 valence electrons. The lowest BCUT2D eigenvalue weighted by molar-refractivity contribution is 0.193. The number of nitrogens with zero attached hydrogens (tertiary/aromatic N) is 1. The van der Waals surface area contributed by atoms with Gasteiger partial charge in [-0.25, -0.2) is 4.79 Å². The number of hydrogen-bond donors (Lipinski definition) is 2. The third-order valence-electron chi connectivity index (χ3n) is 1.16. The van der Waals surface area contributed by atoms with Gasteiger partial charge in [-0.1, -0.05) is 6.08 Å². The maximum atomic E-state index is 10.9. The molecule has 0 aromatic carbocycles. The summed E-state index contributed by atoms with van der Waals surface area (Å²) in [5, 5.41) is 11.0. The van der Waals surface area contributed by atoms with E-state index in [1.54, 1.807) is 19.3 Å². The van der Waals surface area contributed by atoms with Crippen molar-refractivity contribution < 1.29 is 9.90 Å². The Balaban J connectivity index is 3.63. The van der Waals surface area contributed by atoms with Gasteiger partial charge in [-0.2, -0.15) is 0 Å². The maximum Gasteiger partial charge on any atom is 0.321 e. The molecule has 4 heteroatoms. The van der Waals surface area contributed by atoms with E-state index in [0.29, 0.717) is 6.54 Å². The summed E-state index contributed by atoms with van der Waals surface area (Å²) in [6.07, 6.45) is 3.28. The minimum Gasteiger partial charge on any atom is -0.395 e. The maximum absolute atomic E-state index is 10.9. The third kappa shape index (κ3) is 4.38. The van der Waals surface area contributed by atoms with E-state index < -0.39 is 0 Å². The highest BCUT2D eigenvalue weighted by Gasteiger charge is 2.03. The monoisotopic (exact) mass is 158 g/mol. The van der Waals surface area contributed by atoms with Gasteiger partial charge in [-0.05, 0) is 6.92 Å². The summed E-state index contributed by atoms with van der Waals surface area (Å²) in [6, 6.07) is -0.211. The summed E-state index contributed by atoms with van der Waals surface area (Å²) in [5.74, 6) is 0. The molecule has 0 rings (SSSR count). The fraction of sp³-hybridized carbons (Fsp3) is 0.571. The number of carbonyl (C=O) groups is 1. The smallest absolute Gasteiger partial charge is 0.321 e. The summed E-state index contributed by atoms with van der Waals surface area (Å²) in [5.41, 5.74) is 0. The Hall–Kier alpha value is -1.03. The van der Waals surface area contributed by atoms with E-state index in [1.807, 2.05) is 6.92 Å². The Labute approximate surface area is 66.5 Å². The second-order valence-corrected chi connectivity index (χ2v) is 2.09. The number of urea groups is 1. The number of aliphatic hydroxyl groups is 1. The molecule has 0 fully saturated rings. The lowest BCUT2D eigenvalue weighted by Gasteiger charge is -2.14. The molecule has 2 N–H and O–H groups in total. The highest BCUT2D eigenvalue weighted by molar-refractivity contribution is 5.74. The first kappa shape index (κ1) is 9.97. The normalized spacial score (nSPS) is 10.1. The SMILES string of the molecule is C/C=C/NC(=O)N(C)CCO. The van der Waals surface area contributed by atoms with Gasteiger partial charge in [0.25, 0.3) is 0 Å². The van der Waals surface area contributed by atoms with E-state index in [4.69, 9.17) is 5.11 Å². The minimum absolute atomic E-state index is 0.0141. The summed E-state index contributed by atoms with van der Waals surface area (Å²) in [4.78, 5) is 12.3. The number of hydrogen-bond acceptors (Lipinski definition) is 2. The van der Waals surface area contributed by atoms with Crippen molar-refractivity contribution in [3.05, 3.63) is 12.3 Å². The summed E-state index contributed by atoms with van der Waals surface area (Å²) < 4.78 is 0. The van der Waals surface area contributed by atoms with Gasteiger partial charge in [0.2, 0.25) is 0 Å². The van der Waals surface area contributed by atoms with Crippen LogP contribution in [-0.4, -0.2) is 36.2 Å². The molecule has 0 aromatic rings. The van der Waals surface area contributed by atoms with E-state index in [2.05, 4.69) is 5.32 Å². The molecule has 0 atom stereocenters. The quantitative estimate of drug-likeness (QED) is 0.614. The summed E-state index contributed by atoms with van der Waals surface area (Å²) >= 11 is 0. The lowest BCUT2D eigenvalue weighted by atomic mass is 10.6. The van der Waals surface area contributed by atoms with Crippen LogP contribution in [0.1, 0.15) is 6.92 Å². The van der Waals surface area contributed by atoms with Crippen molar-refractivity contribution in [1.82, 2.24) is 10.2 Å². The first-order valence-electron chi connectivity index (χ1n) is 3.46. The van der Waals surface area contributed by atoms with Gasteiger partial charge in [0, 0.05) is 19.8 Å². The standard InChI is InChI=1S/C7H14N2O2/c1-3-4-8-7(11)9(2)5-6-10/h3-4,10H,5-6H2,1-2H3,(H,8,11)/b4-3+. The van der Waals surface area contributed by atoms with Crippen LogP contribution in [0.25, 0.3) is 0 Å². The van der Waals surface area contributed by atoms with Crippen molar-refractivity contribution in [1.29, 1.82) is 0 Å². The molecule has 0 aromatic heterocycles. The number of allylic oxidation sites excluding steroid dienone is 1. The Morgan fingerprint density at radius 3 is 2.82 bits per heavy atom. The molecule has 0 bridgehead atoms. The van der Waals surface area contributed by atoms with Crippen LogP contribution < -0.4 is 5.32 Å². The van der Waals surface area contributed by atoms with Crippen LogP contribution in [0.3, 0.4) is 0 Å². The molecule has 4 nitrogen and oxygen atoms in total. The largest absolute Gasteiger partial charge is 0.395 e. The fourth-order valence-corrected chi connectivity index (χ4v) is 0.516. The minimum atomic E-state index is -0.211. The molecule has 0 radical (unpaired) electrons. The number of likely N-dealkylation sites (N-methyl/N-ethyl adjacent to an activating group) is 1. The molecule has 0 unspecified atom stereocenters. The second-order valence-electron chi connectivity index (χ2n) is 2.09. The highest BCUT2D eigenvalue weighted by Crippen LogP contribution is 1.82. The zero-order valence-electron chi connectivity index (χ0n) is 6.87. The number of aliphatic hydroxyl groups excluding tert-OH is 1. The molecule has 0 aliphatic rings. The van der Waals surface area contributed by atoms with Gasteiger partial charge in [0.15, 0.2) is 0 Å². The number of nitrogens with one attached hydrogen (secondary N) is 1. The Kier molecular flexibility index (Phi) is 5.20. The molecule has 0 spiro atoms. The van der Waals surface area contributed by atoms with Crippen LogP contribution in [0.15, 0.2) is 12.3 Å². The molecular formula is C7H14N2O2. The Morgan fingerprint density at radius 1 is 1.73 bits per heavy atom. The van der Waals surface area contributed by atoms with Crippen LogP contribution >= 0.6 is 0 Å². The third-order valence-corrected chi connectivity index (χ3v) is 1.16. The Morgan fingerprint density at radius 2 is 2.36 bits per heavy atom. The van der Waals surface area contributed by atoms with Gasteiger partial charge >= 0.3 is 6.03 Å². The van der Waals surface area contributed by atoms with E-state index in [0.717, 1.165) is 0 Å². The van der Waals surface area contributed by atoms with Crippen LogP contribution in [-0.2, 0) is 0 Å². The topological polar surface area (TPSA) is 52.6 Å². The average Bonchev–Trinajstić information content (AvgIpc) is 2.00. The molecule has 2 amide bonds. The second kappa shape index (κ2) is 5.73. The molecule has 0 aliphatic heterocycles. The molecule has 0 saturated carbocycles. The summed E-state index contributed by atoms with van der Waals surface area (Å²) in [6.45, 7) is 2.15. The molecule has 0 heterocycles. The van der Waals surface area contributed by atoms with E-state index in [-0.39, 0.29) is 12.6 Å². The lowest BCUT2D eigenvalue weighted by Crippen LogP contribution is -2.36. The van der Waals surface area contributed by atoms with Gasteiger partial charge < -0.3 is 15.3 Å². The highest BCUT2D eigenvalue weighted by atomic mass is 16.3. The van der Waals surface area contributed by atoms with Crippen molar-refractivity contribution in [2.24, 2.45) is 0 Å². The first-order valence-corrected chi connectivity index (χ1v) is 3.46. The van der Waals surface area contributed by atoms with Crippen LogP contribution in [0, 0.1) is 0 Å². The van der Waals surface area contributed by atoms with Crippen molar-refractivity contribution >= 4 is 6.03 Å². The van der Waals surface area contributed by atoms with Crippen LogP contribution in [0.4, 0.5) is 4.79 Å². The summed E-state index contributed by atoms with van der Waals surface area (Å²) in [7, 11) is 1.62. The van der Waals surface area contributed by atoms with Gasteiger partial charge in [0.1, 0.15) is 0 Å². The number of carbonyl (C=O) groups excluding carboxylic acids is 1. The predicted molar refractivity (Wildman–Crippen MR) is 43.1 cm³/mol. The van der Waals surface area contributed by atoms with E-state index in [1.165, 1.54) is 4.90 Å². The number of amides is 2. The molecular weight excluding hydrogens is 144 g/mol. The predicted octanol–water partition coefficient (Wildman–Crippen LogP) is 0.154.